The topological polar surface area (TPSA) is 95.5 Å². The summed E-state index contributed by atoms with van der Waals surface area (Å²) in [5.74, 6) is 1.56. The summed E-state index contributed by atoms with van der Waals surface area (Å²) >= 11 is 0. The second-order valence-electron chi connectivity index (χ2n) is 6.91. The molecule has 0 fully saturated rings. The van der Waals surface area contributed by atoms with Crippen molar-refractivity contribution in [2.45, 2.75) is 11.3 Å². The summed E-state index contributed by atoms with van der Waals surface area (Å²) in [5, 5.41) is 11.0. The van der Waals surface area contributed by atoms with Crippen molar-refractivity contribution in [1.82, 2.24) is 15.6 Å². The van der Waals surface area contributed by atoms with Crippen LogP contribution >= 0.6 is 24.0 Å². The summed E-state index contributed by atoms with van der Waals surface area (Å²) in [6.45, 7) is 2.09. The SMILES string of the molecule is CN=C(NCCNc1ccc2ccccc2n1)NCCc1ccc(S(C)(=O)=O)cc1.I. The molecule has 0 saturated heterocycles. The molecule has 0 amide bonds. The fourth-order valence-corrected chi connectivity index (χ4v) is 3.62. The van der Waals surface area contributed by atoms with Crippen LogP contribution in [0.25, 0.3) is 10.9 Å². The minimum atomic E-state index is -3.16. The van der Waals surface area contributed by atoms with E-state index in [-0.39, 0.29) is 24.0 Å². The average Bonchev–Trinajstić information content (AvgIpc) is 2.75. The highest BCUT2D eigenvalue weighted by molar-refractivity contribution is 14.0. The van der Waals surface area contributed by atoms with Gasteiger partial charge < -0.3 is 16.0 Å². The van der Waals surface area contributed by atoms with Crippen molar-refractivity contribution in [3.8, 4) is 0 Å². The van der Waals surface area contributed by atoms with Crippen LogP contribution in [0.1, 0.15) is 5.56 Å². The maximum atomic E-state index is 11.5. The third kappa shape index (κ3) is 7.66. The van der Waals surface area contributed by atoms with Gasteiger partial charge in [0.25, 0.3) is 0 Å². The fraction of sp³-hybridized carbons (Fsp3) is 0.273. The molecule has 0 bridgehead atoms. The summed E-state index contributed by atoms with van der Waals surface area (Å²) in [6.07, 6.45) is 1.98. The van der Waals surface area contributed by atoms with Gasteiger partial charge >= 0.3 is 0 Å². The lowest BCUT2D eigenvalue weighted by Crippen LogP contribution is -2.40. The third-order valence-corrected chi connectivity index (χ3v) is 5.73. The van der Waals surface area contributed by atoms with Crippen molar-refractivity contribution in [3.63, 3.8) is 0 Å². The van der Waals surface area contributed by atoms with Crippen molar-refractivity contribution < 1.29 is 8.42 Å². The molecule has 0 aliphatic heterocycles. The number of rotatable bonds is 8. The van der Waals surface area contributed by atoms with Crippen LogP contribution in [0, 0.1) is 0 Å². The number of halogens is 1. The Labute approximate surface area is 200 Å². The zero-order chi connectivity index (χ0) is 21.4. The van der Waals surface area contributed by atoms with E-state index in [0.29, 0.717) is 24.5 Å². The number of fused-ring (bicyclic) bond motifs is 1. The van der Waals surface area contributed by atoms with Crippen LogP contribution in [0.3, 0.4) is 0 Å². The van der Waals surface area contributed by atoms with E-state index in [0.717, 1.165) is 34.7 Å². The van der Waals surface area contributed by atoms with Gasteiger partial charge in [0, 0.05) is 38.3 Å². The molecule has 0 radical (unpaired) electrons. The predicted molar refractivity (Wildman–Crippen MR) is 138 cm³/mol. The molecule has 2 aromatic carbocycles. The van der Waals surface area contributed by atoms with Crippen LogP contribution < -0.4 is 16.0 Å². The zero-order valence-corrected chi connectivity index (χ0v) is 20.8. The minimum Gasteiger partial charge on any atom is -0.368 e. The van der Waals surface area contributed by atoms with Crippen LogP contribution in [-0.4, -0.2) is 52.3 Å². The monoisotopic (exact) mass is 553 g/mol. The van der Waals surface area contributed by atoms with E-state index in [1.54, 1.807) is 19.2 Å². The van der Waals surface area contributed by atoms with Gasteiger partial charge in [-0.1, -0.05) is 30.3 Å². The second kappa shape index (κ2) is 11.8. The lowest BCUT2D eigenvalue weighted by molar-refractivity contribution is 0.602. The number of aromatic nitrogens is 1. The molecule has 0 unspecified atom stereocenters. The number of pyridine rings is 1. The minimum absolute atomic E-state index is 0. The molecule has 0 saturated carbocycles. The van der Waals surface area contributed by atoms with Crippen molar-refractivity contribution >= 4 is 56.5 Å². The number of aliphatic imine (C=N–C) groups is 1. The lowest BCUT2D eigenvalue weighted by atomic mass is 10.1. The first kappa shape index (κ1) is 24.9. The molecule has 3 N–H and O–H groups in total. The Kier molecular flexibility index (Phi) is 9.50. The quantitative estimate of drug-likeness (QED) is 0.172. The Morgan fingerprint density at radius 1 is 0.935 bits per heavy atom. The Bertz CT molecular complexity index is 1120. The molecule has 1 aromatic heterocycles. The van der Waals surface area contributed by atoms with Gasteiger partial charge in [0.15, 0.2) is 15.8 Å². The average molecular weight is 553 g/mol. The number of guanidine groups is 1. The first-order chi connectivity index (χ1) is 14.5. The summed E-state index contributed by atoms with van der Waals surface area (Å²) in [6, 6.07) is 19.0. The van der Waals surface area contributed by atoms with E-state index >= 15 is 0 Å². The van der Waals surface area contributed by atoms with Gasteiger partial charge in [0.05, 0.1) is 10.4 Å². The number of sulfone groups is 1. The van der Waals surface area contributed by atoms with E-state index in [1.165, 1.54) is 6.26 Å². The Balaban J connectivity index is 0.00000341. The molecule has 0 aliphatic rings. The maximum absolute atomic E-state index is 11.5. The molecule has 0 aliphatic carbocycles. The number of nitrogens with zero attached hydrogens (tertiary/aromatic N) is 2. The van der Waals surface area contributed by atoms with Gasteiger partial charge in [-0.15, -0.1) is 24.0 Å². The predicted octanol–water partition coefficient (Wildman–Crippen LogP) is 3.08. The molecule has 0 atom stereocenters. The van der Waals surface area contributed by atoms with Gasteiger partial charge in [0.2, 0.25) is 0 Å². The summed E-state index contributed by atoms with van der Waals surface area (Å²) in [4.78, 5) is 9.15. The Hall–Kier alpha value is -2.40. The number of anilines is 1. The highest BCUT2D eigenvalue weighted by Gasteiger charge is 2.06. The molecule has 3 aromatic rings. The fourth-order valence-electron chi connectivity index (χ4n) is 2.99. The van der Waals surface area contributed by atoms with Gasteiger partial charge in [0.1, 0.15) is 5.82 Å². The number of nitrogens with one attached hydrogen (secondary N) is 3. The summed E-state index contributed by atoms with van der Waals surface area (Å²) in [5.41, 5.74) is 2.03. The van der Waals surface area contributed by atoms with Gasteiger partial charge in [-0.2, -0.15) is 0 Å². The molecule has 1 heterocycles. The van der Waals surface area contributed by atoms with E-state index < -0.39 is 9.84 Å². The molecule has 7 nitrogen and oxygen atoms in total. The van der Waals surface area contributed by atoms with Crippen LogP contribution in [-0.2, 0) is 16.3 Å². The lowest BCUT2D eigenvalue weighted by Gasteiger charge is -2.13. The van der Waals surface area contributed by atoms with Crippen molar-refractivity contribution in [2.75, 3.05) is 38.3 Å². The largest absolute Gasteiger partial charge is 0.368 e. The number of para-hydroxylation sites is 1. The molecule has 31 heavy (non-hydrogen) atoms. The highest BCUT2D eigenvalue weighted by Crippen LogP contribution is 2.14. The third-order valence-electron chi connectivity index (χ3n) is 4.60. The zero-order valence-electron chi connectivity index (χ0n) is 17.6. The Morgan fingerprint density at radius 3 is 2.35 bits per heavy atom. The van der Waals surface area contributed by atoms with Gasteiger partial charge in [-0.25, -0.2) is 13.4 Å². The molecule has 9 heteroatoms. The van der Waals surface area contributed by atoms with Crippen molar-refractivity contribution in [3.05, 3.63) is 66.2 Å². The maximum Gasteiger partial charge on any atom is 0.191 e. The first-order valence-electron chi connectivity index (χ1n) is 9.79. The number of hydrogen-bond acceptors (Lipinski definition) is 5. The van der Waals surface area contributed by atoms with Crippen LogP contribution in [0.15, 0.2) is 70.6 Å². The Morgan fingerprint density at radius 2 is 1.65 bits per heavy atom. The van der Waals surface area contributed by atoms with Gasteiger partial charge in [-0.05, 0) is 42.3 Å². The molecular weight excluding hydrogens is 525 g/mol. The normalized spacial score (nSPS) is 11.6. The van der Waals surface area contributed by atoms with Crippen LogP contribution in [0.2, 0.25) is 0 Å². The van der Waals surface area contributed by atoms with Crippen molar-refractivity contribution in [2.24, 2.45) is 4.99 Å². The van der Waals surface area contributed by atoms with E-state index in [2.05, 4.69) is 32.0 Å². The summed E-state index contributed by atoms with van der Waals surface area (Å²) < 4.78 is 23.0. The summed E-state index contributed by atoms with van der Waals surface area (Å²) in [7, 11) is -1.43. The van der Waals surface area contributed by atoms with Gasteiger partial charge in [-0.3, -0.25) is 4.99 Å². The van der Waals surface area contributed by atoms with E-state index in [4.69, 9.17) is 0 Å². The molecular formula is C22H28IN5O2S. The molecule has 0 spiro atoms. The highest BCUT2D eigenvalue weighted by atomic mass is 127. The molecule has 3 rings (SSSR count). The molecule has 166 valence electrons. The number of hydrogen-bond donors (Lipinski definition) is 3. The van der Waals surface area contributed by atoms with Crippen LogP contribution in [0.4, 0.5) is 5.82 Å². The smallest absolute Gasteiger partial charge is 0.191 e. The van der Waals surface area contributed by atoms with E-state index in [1.807, 2.05) is 42.5 Å². The van der Waals surface area contributed by atoms with Crippen LogP contribution in [0.5, 0.6) is 0 Å². The number of benzene rings is 2. The standard InChI is InChI=1S/C22H27N5O2S.HI/c1-23-22(25-14-13-17-7-10-19(11-8-17)30(2,28)29)26-16-15-24-21-12-9-18-5-3-4-6-20(18)27-21;/h3-12H,13-16H2,1-2H3,(H,24,27)(H2,23,25,26);1H. The second-order valence-corrected chi connectivity index (χ2v) is 8.92. The first-order valence-corrected chi connectivity index (χ1v) is 11.7. The van der Waals surface area contributed by atoms with Crippen molar-refractivity contribution in [1.29, 1.82) is 0 Å². The van der Waals surface area contributed by atoms with E-state index in [9.17, 15) is 8.42 Å².